The Morgan fingerprint density at radius 3 is 3.00 bits per heavy atom. The Morgan fingerprint density at radius 2 is 2.35 bits per heavy atom. The van der Waals surface area contributed by atoms with Crippen molar-refractivity contribution >= 4 is 23.4 Å². The van der Waals surface area contributed by atoms with Gasteiger partial charge in [0.05, 0.1) is 5.75 Å². The van der Waals surface area contributed by atoms with E-state index in [1.807, 2.05) is 31.2 Å². The second-order valence-electron chi connectivity index (χ2n) is 4.46. The second kappa shape index (κ2) is 6.07. The highest BCUT2D eigenvalue weighted by molar-refractivity contribution is 7.99. The molecule has 0 unspecified atom stereocenters. The molecule has 1 amide bonds. The summed E-state index contributed by atoms with van der Waals surface area (Å²) < 4.78 is 0. The zero-order valence-corrected chi connectivity index (χ0v) is 10.8. The van der Waals surface area contributed by atoms with Crippen LogP contribution in [0.1, 0.15) is 5.56 Å². The molecule has 0 radical (unpaired) electrons. The first kappa shape index (κ1) is 12.5. The molecule has 1 aromatic carbocycles. The van der Waals surface area contributed by atoms with Gasteiger partial charge in [0.2, 0.25) is 5.91 Å². The highest BCUT2D eigenvalue weighted by atomic mass is 32.2. The van der Waals surface area contributed by atoms with Crippen molar-refractivity contribution in [3.8, 4) is 0 Å². The zero-order valence-electron chi connectivity index (χ0n) is 10.0. The lowest BCUT2D eigenvalue weighted by Crippen LogP contribution is -2.43. The summed E-state index contributed by atoms with van der Waals surface area (Å²) >= 11 is 1.72. The molecule has 1 saturated heterocycles. The fourth-order valence-electron chi connectivity index (χ4n) is 1.70. The Labute approximate surface area is 106 Å². The van der Waals surface area contributed by atoms with Crippen molar-refractivity contribution in [3.05, 3.63) is 29.8 Å². The van der Waals surface area contributed by atoms with E-state index in [9.17, 15) is 4.79 Å². The van der Waals surface area contributed by atoms with Crippen LogP contribution in [-0.4, -0.2) is 30.5 Å². The van der Waals surface area contributed by atoms with Crippen molar-refractivity contribution in [2.75, 3.05) is 29.9 Å². The van der Waals surface area contributed by atoms with Crippen LogP contribution in [0, 0.1) is 12.8 Å². The second-order valence-corrected chi connectivity index (χ2v) is 5.49. The molecule has 0 aliphatic carbocycles. The molecule has 0 aromatic heterocycles. The van der Waals surface area contributed by atoms with E-state index in [2.05, 4.69) is 10.6 Å². The maximum absolute atomic E-state index is 11.7. The molecule has 1 aromatic rings. The topological polar surface area (TPSA) is 41.1 Å². The maximum Gasteiger partial charge on any atom is 0.234 e. The van der Waals surface area contributed by atoms with Gasteiger partial charge in [-0.3, -0.25) is 4.79 Å². The third kappa shape index (κ3) is 4.06. The highest BCUT2D eigenvalue weighted by Gasteiger charge is 2.16. The maximum atomic E-state index is 11.7. The van der Waals surface area contributed by atoms with Gasteiger partial charge in [0.15, 0.2) is 0 Å². The van der Waals surface area contributed by atoms with Crippen molar-refractivity contribution in [2.24, 2.45) is 5.92 Å². The smallest absolute Gasteiger partial charge is 0.234 e. The molecule has 2 N–H and O–H groups in total. The Hall–Kier alpha value is -1.00. The molecule has 0 bridgehead atoms. The number of hydrogen-bond donors (Lipinski definition) is 2. The van der Waals surface area contributed by atoms with Crippen LogP contribution in [0.25, 0.3) is 0 Å². The van der Waals surface area contributed by atoms with Gasteiger partial charge in [-0.2, -0.15) is 11.8 Å². The SMILES string of the molecule is Cc1cccc(NC(=O)CSCC2CNC2)c1. The molecule has 3 nitrogen and oxygen atoms in total. The van der Waals surface area contributed by atoms with Gasteiger partial charge in [0.25, 0.3) is 0 Å². The van der Waals surface area contributed by atoms with Gasteiger partial charge in [0.1, 0.15) is 0 Å². The Balaban J connectivity index is 1.69. The minimum absolute atomic E-state index is 0.0906. The molecule has 17 heavy (non-hydrogen) atoms. The standard InChI is InChI=1S/C13H18N2OS/c1-10-3-2-4-12(5-10)15-13(16)9-17-8-11-6-14-7-11/h2-5,11,14H,6-9H2,1H3,(H,15,16). The van der Waals surface area contributed by atoms with Crippen LogP contribution in [0.4, 0.5) is 5.69 Å². The third-order valence-electron chi connectivity index (χ3n) is 2.75. The summed E-state index contributed by atoms with van der Waals surface area (Å²) in [7, 11) is 0. The van der Waals surface area contributed by atoms with Crippen molar-refractivity contribution < 1.29 is 4.79 Å². The fraction of sp³-hybridized carbons (Fsp3) is 0.462. The van der Waals surface area contributed by atoms with E-state index in [-0.39, 0.29) is 5.91 Å². The van der Waals surface area contributed by atoms with E-state index in [0.717, 1.165) is 36.0 Å². The van der Waals surface area contributed by atoms with Crippen LogP contribution in [0.3, 0.4) is 0 Å². The summed E-state index contributed by atoms with van der Waals surface area (Å²) in [5.74, 6) is 2.47. The fourth-order valence-corrected chi connectivity index (χ4v) is 2.65. The molecule has 1 fully saturated rings. The van der Waals surface area contributed by atoms with Crippen LogP contribution in [-0.2, 0) is 4.79 Å². The van der Waals surface area contributed by atoms with E-state index < -0.39 is 0 Å². The number of anilines is 1. The van der Waals surface area contributed by atoms with E-state index >= 15 is 0 Å². The number of nitrogens with one attached hydrogen (secondary N) is 2. The number of carbonyl (C=O) groups excluding carboxylic acids is 1. The average molecular weight is 250 g/mol. The molecule has 2 rings (SSSR count). The minimum Gasteiger partial charge on any atom is -0.325 e. The summed E-state index contributed by atoms with van der Waals surface area (Å²) in [4.78, 5) is 11.7. The largest absolute Gasteiger partial charge is 0.325 e. The van der Waals surface area contributed by atoms with Crippen molar-refractivity contribution in [1.29, 1.82) is 0 Å². The minimum atomic E-state index is 0.0906. The van der Waals surface area contributed by atoms with E-state index in [4.69, 9.17) is 0 Å². The molecule has 1 aliphatic rings. The number of rotatable bonds is 5. The van der Waals surface area contributed by atoms with Crippen molar-refractivity contribution in [2.45, 2.75) is 6.92 Å². The summed E-state index contributed by atoms with van der Waals surface area (Å²) in [6, 6.07) is 7.88. The Morgan fingerprint density at radius 1 is 1.53 bits per heavy atom. The summed E-state index contributed by atoms with van der Waals surface area (Å²) in [6.45, 7) is 4.23. The van der Waals surface area contributed by atoms with Crippen molar-refractivity contribution in [1.82, 2.24) is 5.32 Å². The van der Waals surface area contributed by atoms with Gasteiger partial charge in [0, 0.05) is 5.69 Å². The first-order valence-corrected chi connectivity index (χ1v) is 7.04. The molecule has 4 heteroatoms. The lowest BCUT2D eigenvalue weighted by molar-refractivity contribution is -0.113. The van der Waals surface area contributed by atoms with Crippen LogP contribution in [0.2, 0.25) is 0 Å². The van der Waals surface area contributed by atoms with Gasteiger partial charge in [-0.25, -0.2) is 0 Å². The average Bonchev–Trinajstić information content (AvgIpc) is 2.22. The Bertz CT molecular complexity index is 391. The van der Waals surface area contributed by atoms with Crippen LogP contribution in [0.5, 0.6) is 0 Å². The molecule has 1 aliphatic heterocycles. The van der Waals surface area contributed by atoms with Crippen LogP contribution in [0.15, 0.2) is 24.3 Å². The number of carbonyl (C=O) groups is 1. The first-order valence-electron chi connectivity index (χ1n) is 5.89. The molecule has 92 valence electrons. The number of amides is 1. The predicted octanol–water partition coefficient (Wildman–Crippen LogP) is 1.89. The van der Waals surface area contributed by atoms with Gasteiger partial charge < -0.3 is 10.6 Å². The molecule has 1 heterocycles. The summed E-state index contributed by atoms with van der Waals surface area (Å²) in [5.41, 5.74) is 2.05. The lowest BCUT2D eigenvalue weighted by Gasteiger charge is -2.26. The van der Waals surface area contributed by atoms with Crippen LogP contribution >= 0.6 is 11.8 Å². The summed E-state index contributed by atoms with van der Waals surface area (Å²) in [5, 5.41) is 6.15. The van der Waals surface area contributed by atoms with E-state index in [1.54, 1.807) is 11.8 Å². The molecular weight excluding hydrogens is 232 g/mol. The third-order valence-corrected chi connectivity index (χ3v) is 3.93. The van der Waals surface area contributed by atoms with Gasteiger partial charge in [-0.1, -0.05) is 12.1 Å². The number of benzene rings is 1. The quantitative estimate of drug-likeness (QED) is 0.838. The lowest BCUT2D eigenvalue weighted by atomic mass is 10.1. The van der Waals surface area contributed by atoms with Crippen molar-refractivity contribution in [3.63, 3.8) is 0 Å². The zero-order chi connectivity index (χ0) is 12.1. The van der Waals surface area contributed by atoms with E-state index in [1.165, 1.54) is 0 Å². The highest BCUT2D eigenvalue weighted by Crippen LogP contribution is 2.14. The first-order chi connectivity index (χ1) is 8.24. The van der Waals surface area contributed by atoms with Crippen LogP contribution < -0.4 is 10.6 Å². The number of thioether (sulfide) groups is 1. The molecule has 0 saturated carbocycles. The molecule has 0 atom stereocenters. The normalized spacial score (nSPS) is 15.4. The van der Waals surface area contributed by atoms with Gasteiger partial charge in [-0.15, -0.1) is 0 Å². The van der Waals surface area contributed by atoms with Gasteiger partial charge in [-0.05, 0) is 49.4 Å². The number of aryl methyl sites for hydroxylation is 1. The van der Waals surface area contributed by atoms with E-state index in [0.29, 0.717) is 5.75 Å². The van der Waals surface area contributed by atoms with Gasteiger partial charge >= 0.3 is 0 Å². The Kier molecular flexibility index (Phi) is 4.45. The summed E-state index contributed by atoms with van der Waals surface area (Å²) in [6.07, 6.45) is 0. The predicted molar refractivity (Wildman–Crippen MR) is 73.5 cm³/mol. The monoisotopic (exact) mass is 250 g/mol. The molecule has 0 spiro atoms. The number of hydrogen-bond acceptors (Lipinski definition) is 3. The molecular formula is C13H18N2OS.